The lowest BCUT2D eigenvalue weighted by molar-refractivity contribution is 0.435. The largest absolute Gasteiger partial charge is 0.328 e. The predicted octanol–water partition coefficient (Wildman–Crippen LogP) is 2.96. The molecule has 3 nitrogen and oxygen atoms in total. The van der Waals surface area contributed by atoms with Gasteiger partial charge in [0.15, 0.2) is 0 Å². The van der Waals surface area contributed by atoms with E-state index >= 15 is 0 Å². The van der Waals surface area contributed by atoms with Crippen LogP contribution in [0.2, 0.25) is 0 Å². The van der Waals surface area contributed by atoms with Gasteiger partial charge < -0.3 is 4.57 Å². The second kappa shape index (κ2) is 5.03. The van der Waals surface area contributed by atoms with E-state index in [-0.39, 0.29) is 17.9 Å². The Morgan fingerprint density at radius 1 is 1.24 bits per heavy atom. The second-order valence-electron chi connectivity index (χ2n) is 4.22. The maximum Gasteiger partial charge on any atom is 0.0991 e. The number of hydrogen-bond acceptors (Lipinski definition) is 2. The van der Waals surface area contributed by atoms with Gasteiger partial charge in [-0.1, -0.05) is 12.1 Å². The minimum atomic E-state index is -0.148. The van der Waals surface area contributed by atoms with E-state index in [1.165, 1.54) is 0 Å². The zero-order valence-corrected chi connectivity index (χ0v) is 10.6. The van der Waals surface area contributed by atoms with E-state index < -0.39 is 0 Å². The van der Waals surface area contributed by atoms with Gasteiger partial charge >= 0.3 is 0 Å². The van der Waals surface area contributed by atoms with Crippen LogP contribution in [0, 0.1) is 11.3 Å². The lowest BCUT2D eigenvalue weighted by atomic mass is 9.93. The molecule has 1 aromatic carbocycles. The Balaban J connectivity index is 0.00000144. The normalized spacial score (nSPS) is 10.4. The lowest BCUT2D eigenvalue weighted by Gasteiger charge is -2.27. The number of nitrogens with zero attached hydrogens (tertiary/aromatic N) is 3. The van der Waals surface area contributed by atoms with Crippen molar-refractivity contribution in [3.05, 3.63) is 54.1 Å². The predicted molar refractivity (Wildman–Crippen MR) is 69.1 cm³/mol. The van der Waals surface area contributed by atoms with Gasteiger partial charge in [0.1, 0.15) is 0 Å². The smallest absolute Gasteiger partial charge is 0.0991 e. The van der Waals surface area contributed by atoms with Crippen LogP contribution in [0.3, 0.4) is 0 Å². The summed E-state index contributed by atoms with van der Waals surface area (Å²) in [6.45, 7) is 4.24. The number of hydrogen-bond donors (Lipinski definition) is 0. The molecule has 17 heavy (non-hydrogen) atoms. The van der Waals surface area contributed by atoms with Crippen LogP contribution >= 0.6 is 12.4 Å². The van der Waals surface area contributed by atoms with Crippen molar-refractivity contribution in [3.63, 3.8) is 0 Å². The molecular weight excluding hydrogens is 234 g/mol. The average Bonchev–Trinajstić information content (AvgIpc) is 2.83. The molecule has 0 fully saturated rings. The molecular formula is C13H14ClN3. The molecule has 0 spiro atoms. The first-order chi connectivity index (χ1) is 7.64. The van der Waals surface area contributed by atoms with Crippen LogP contribution in [0.1, 0.15) is 25.0 Å². The molecule has 0 N–H and O–H groups in total. The highest BCUT2D eigenvalue weighted by molar-refractivity contribution is 5.85. The van der Waals surface area contributed by atoms with Gasteiger partial charge in [-0.2, -0.15) is 5.26 Å². The number of halogens is 1. The Morgan fingerprint density at radius 2 is 1.88 bits per heavy atom. The zero-order valence-electron chi connectivity index (χ0n) is 9.79. The van der Waals surface area contributed by atoms with Crippen molar-refractivity contribution in [1.82, 2.24) is 9.55 Å². The molecule has 0 unspecified atom stereocenters. The number of benzene rings is 1. The maximum atomic E-state index is 8.75. The SMILES string of the molecule is CC(C)(c1ccc(C#N)cc1)n1ccnc1.Cl. The van der Waals surface area contributed by atoms with Crippen molar-refractivity contribution in [3.8, 4) is 6.07 Å². The van der Waals surface area contributed by atoms with Crippen molar-refractivity contribution >= 4 is 12.4 Å². The van der Waals surface area contributed by atoms with E-state index in [4.69, 9.17) is 5.26 Å². The number of rotatable bonds is 2. The van der Waals surface area contributed by atoms with Crippen LogP contribution < -0.4 is 0 Å². The summed E-state index contributed by atoms with van der Waals surface area (Å²) >= 11 is 0. The van der Waals surface area contributed by atoms with E-state index in [1.54, 1.807) is 12.5 Å². The Bertz CT molecular complexity index is 507. The van der Waals surface area contributed by atoms with E-state index in [1.807, 2.05) is 35.0 Å². The molecule has 0 aliphatic carbocycles. The van der Waals surface area contributed by atoms with Crippen LogP contribution in [-0.2, 0) is 5.54 Å². The quantitative estimate of drug-likeness (QED) is 0.819. The third-order valence-electron chi connectivity index (χ3n) is 2.87. The first kappa shape index (κ1) is 13.3. The van der Waals surface area contributed by atoms with Gasteiger partial charge in [-0.05, 0) is 31.5 Å². The van der Waals surface area contributed by atoms with Gasteiger partial charge in [0, 0.05) is 12.4 Å². The number of nitriles is 1. The van der Waals surface area contributed by atoms with Crippen LogP contribution in [-0.4, -0.2) is 9.55 Å². The molecule has 0 saturated carbocycles. The van der Waals surface area contributed by atoms with Crippen LogP contribution in [0.25, 0.3) is 0 Å². The first-order valence-corrected chi connectivity index (χ1v) is 5.13. The monoisotopic (exact) mass is 247 g/mol. The molecule has 0 aliphatic rings. The van der Waals surface area contributed by atoms with Crippen molar-refractivity contribution in [2.75, 3.05) is 0 Å². The standard InChI is InChI=1S/C13H13N3.ClH/c1-13(2,16-8-7-15-10-16)12-5-3-11(9-14)4-6-12;/h3-8,10H,1-2H3;1H. The molecule has 0 aliphatic heterocycles. The van der Waals surface area contributed by atoms with Crippen molar-refractivity contribution in [1.29, 1.82) is 5.26 Å². The fraction of sp³-hybridized carbons (Fsp3) is 0.231. The van der Waals surface area contributed by atoms with E-state index in [0.29, 0.717) is 5.56 Å². The Morgan fingerprint density at radius 3 is 2.35 bits per heavy atom. The summed E-state index contributed by atoms with van der Waals surface area (Å²) in [5.41, 5.74) is 1.69. The molecule has 1 aromatic heterocycles. The topological polar surface area (TPSA) is 41.6 Å². The number of imidazole rings is 1. The summed E-state index contributed by atoms with van der Waals surface area (Å²) in [6, 6.07) is 9.77. The molecule has 0 radical (unpaired) electrons. The molecule has 2 rings (SSSR count). The number of aromatic nitrogens is 2. The molecule has 0 saturated heterocycles. The fourth-order valence-electron chi connectivity index (χ4n) is 1.69. The maximum absolute atomic E-state index is 8.75. The Labute approximate surface area is 107 Å². The van der Waals surface area contributed by atoms with Crippen LogP contribution in [0.4, 0.5) is 0 Å². The summed E-state index contributed by atoms with van der Waals surface area (Å²) in [4.78, 5) is 4.06. The first-order valence-electron chi connectivity index (χ1n) is 5.13. The van der Waals surface area contributed by atoms with Gasteiger partial charge in [-0.3, -0.25) is 0 Å². The van der Waals surface area contributed by atoms with Gasteiger partial charge in [-0.15, -0.1) is 12.4 Å². The Hall–Kier alpha value is -1.79. The summed E-state index contributed by atoms with van der Waals surface area (Å²) in [6.07, 6.45) is 5.52. The Kier molecular flexibility index (Phi) is 3.93. The molecule has 0 amide bonds. The molecule has 0 atom stereocenters. The molecule has 0 bridgehead atoms. The minimum Gasteiger partial charge on any atom is -0.328 e. The zero-order chi connectivity index (χ0) is 11.6. The van der Waals surface area contributed by atoms with Crippen LogP contribution in [0.15, 0.2) is 43.0 Å². The van der Waals surface area contributed by atoms with Gasteiger partial charge in [0.05, 0.1) is 23.5 Å². The summed E-state index contributed by atoms with van der Waals surface area (Å²) < 4.78 is 2.05. The summed E-state index contributed by atoms with van der Waals surface area (Å²) in [7, 11) is 0. The molecule has 1 heterocycles. The van der Waals surface area contributed by atoms with Crippen molar-refractivity contribution in [2.45, 2.75) is 19.4 Å². The average molecular weight is 248 g/mol. The molecule has 4 heteroatoms. The van der Waals surface area contributed by atoms with Crippen molar-refractivity contribution < 1.29 is 0 Å². The summed E-state index contributed by atoms with van der Waals surface area (Å²) in [5.74, 6) is 0. The highest BCUT2D eigenvalue weighted by Gasteiger charge is 2.21. The second-order valence-corrected chi connectivity index (χ2v) is 4.22. The highest BCUT2D eigenvalue weighted by atomic mass is 35.5. The molecule has 2 aromatic rings. The van der Waals surface area contributed by atoms with Gasteiger partial charge in [0.2, 0.25) is 0 Å². The lowest BCUT2D eigenvalue weighted by Crippen LogP contribution is -2.26. The van der Waals surface area contributed by atoms with E-state index in [0.717, 1.165) is 5.56 Å². The fourth-order valence-corrected chi connectivity index (χ4v) is 1.69. The van der Waals surface area contributed by atoms with Crippen molar-refractivity contribution in [2.24, 2.45) is 0 Å². The highest BCUT2D eigenvalue weighted by Crippen LogP contribution is 2.25. The molecule has 88 valence electrons. The van der Waals surface area contributed by atoms with Crippen LogP contribution in [0.5, 0.6) is 0 Å². The third kappa shape index (κ3) is 2.48. The summed E-state index contributed by atoms with van der Waals surface area (Å²) in [5, 5.41) is 8.75. The van der Waals surface area contributed by atoms with E-state index in [2.05, 4.69) is 24.9 Å². The minimum absolute atomic E-state index is 0. The van der Waals surface area contributed by atoms with Gasteiger partial charge in [-0.25, -0.2) is 4.98 Å². The van der Waals surface area contributed by atoms with E-state index in [9.17, 15) is 0 Å². The van der Waals surface area contributed by atoms with Gasteiger partial charge in [0.25, 0.3) is 0 Å². The third-order valence-corrected chi connectivity index (χ3v) is 2.87.